The number of ether oxygens (including phenoxy) is 2. The van der Waals surface area contributed by atoms with Crippen LogP contribution in [0.1, 0.15) is 5.01 Å². The Labute approximate surface area is 141 Å². The van der Waals surface area contributed by atoms with Gasteiger partial charge in [-0.25, -0.2) is 4.98 Å². The molecule has 0 radical (unpaired) electrons. The summed E-state index contributed by atoms with van der Waals surface area (Å²) in [7, 11) is 0. The summed E-state index contributed by atoms with van der Waals surface area (Å²) in [6.45, 7) is 2.23. The molecule has 0 saturated heterocycles. The molecule has 1 aromatic carbocycles. The maximum absolute atomic E-state index is 5.45. The third-order valence-corrected chi connectivity index (χ3v) is 5.17. The van der Waals surface area contributed by atoms with Crippen molar-refractivity contribution in [2.75, 3.05) is 12.5 Å². The van der Waals surface area contributed by atoms with Crippen molar-refractivity contribution in [2.45, 2.75) is 11.9 Å². The van der Waals surface area contributed by atoms with Gasteiger partial charge in [0.25, 0.3) is 0 Å². The van der Waals surface area contributed by atoms with Crippen LogP contribution in [-0.2, 0) is 0 Å². The Balaban J connectivity index is 1.86. The van der Waals surface area contributed by atoms with Gasteiger partial charge >= 0.3 is 0 Å². The molecule has 1 aliphatic heterocycles. The van der Waals surface area contributed by atoms with Crippen LogP contribution in [0.25, 0.3) is 21.5 Å². The summed E-state index contributed by atoms with van der Waals surface area (Å²) in [6.07, 6.45) is 5.34. The van der Waals surface area contributed by atoms with Gasteiger partial charge in [-0.15, -0.1) is 28.0 Å². The van der Waals surface area contributed by atoms with E-state index >= 15 is 0 Å². The Morgan fingerprint density at radius 2 is 2.17 bits per heavy atom. The molecule has 0 unspecified atom stereocenters. The van der Waals surface area contributed by atoms with Gasteiger partial charge in [-0.05, 0) is 25.1 Å². The Hall–Kier alpha value is -2.30. The molecule has 0 fully saturated rings. The molecular weight excluding hydrogens is 330 g/mol. The summed E-state index contributed by atoms with van der Waals surface area (Å²) >= 11 is 3.08. The van der Waals surface area contributed by atoms with E-state index in [1.165, 1.54) is 11.8 Å². The highest BCUT2D eigenvalue weighted by molar-refractivity contribution is 7.99. The van der Waals surface area contributed by atoms with E-state index in [4.69, 9.17) is 15.9 Å². The average Bonchev–Trinajstić information content (AvgIpc) is 3.17. The van der Waals surface area contributed by atoms with E-state index in [2.05, 4.69) is 21.1 Å². The minimum atomic E-state index is 0.251. The Morgan fingerprint density at radius 1 is 1.30 bits per heavy atom. The van der Waals surface area contributed by atoms with E-state index in [0.29, 0.717) is 5.75 Å². The SMILES string of the molecule is C#CCSc1nnc(-c2ccc3c(c2)OCO3)c2sc(C)nc12. The van der Waals surface area contributed by atoms with Gasteiger partial charge in [0.05, 0.1) is 15.5 Å². The second-order valence-corrected chi connectivity index (χ2v) is 6.99. The van der Waals surface area contributed by atoms with Crippen molar-refractivity contribution >= 4 is 33.3 Å². The standard InChI is InChI=1S/C16H11N3O2S2/c1-3-6-22-16-14-15(23-9(2)17-14)13(18-19-16)10-4-5-11-12(7-10)21-8-20-11/h1,4-5,7H,6,8H2,2H3. The fourth-order valence-electron chi connectivity index (χ4n) is 2.36. The van der Waals surface area contributed by atoms with Gasteiger partial charge in [-0.2, -0.15) is 0 Å². The van der Waals surface area contributed by atoms with E-state index < -0.39 is 0 Å². The van der Waals surface area contributed by atoms with Gasteiger partial charge in [0.1, 0.15) is 16.2 Å². The number of aromatic nitrogens is 3. The lowest BCUT2D eigenvalue weighted by molar-refractivity contribution is 0.174. The molecule has 1 aliphatic rings. The first kappa shape index (κ1) is 14.3. The number of thioether (sulfide) groups is 1. The maximum atomic E-state index is 5.45. The molecule has 0 spiro atoms. The Bertz CT molecular complexity index is 946. The summed E-state index contributed by atoms with van der Waals surface area (Å²) in [4.78, 5) is 4.60. The van der Waals surface area contributed by atoms with Crippen molar-refractivity contribution in [3.8, 4) is 35.1 Å². The van der Waals surface area contributed by atoms with E-state index in [0.717, 1.165) is 43.0 Å². The van der Waals surface area contributed by atoms with Crippen LogP contribution in [0, 0.1) is 19.3 Å². The van der Waals surface area contributed by atoms with Crippen molar-refractivity contribution < 1.29 is 9.47 Å². The number of benzene rings is 1. The van der Waals surface area contributed by atoms with E-state index in [1.807, 2.05) is 25.1 Å². The zero-order valence-corrected chi connectivity index (χ0v) is 13.8. The lowest BCUT2D eigenvalue weighted by atomic mass is 10.1. The van der Waals surface area contributed by atoms with Crippen LogP contribution in [-0.4, -0.2) is 27.7 Å². The Morgan fingerprint density at radius 3 is 3.04 bits per heavy atom. The molecule has 3 heterocycles. The molecule has 0 saturated carbocycles. The molecule has 7 heteroatoms. The number of aryl methyl sites for hydroxylation is 1. The van der Waals surface area contributed by atoms with Crippen LogP contribution in [0.15, 0.2) is 23.2 Å². The third kappa shape index (κ3) is 2.50. The second kappa shape index (κ2) is 5.72. The molecule has 2 aromatic heterocycles. The lowest BCUT2D eigenvalue weighted by Crippen LogP contribution is -1.93. The predicted octanol–water partition coefficient (Wildman–Crippen LogP) is 3.52. The van der Waals surface area contributed by atoms with Gasteiger partial charge in [-0.3, -0.25) is 0 Å². The number of hydrogen-bond donors (Lipinski definition) is 0. The van der Waals surface area contributed by atoms with Crippen LogP contribution in [0.3, 0.4) is 0 Å². The highest BCUT2D eigenvalue weighted by Crippen LogP contribution is 2.39. The topological polar surface area (TPSA) is 57.1 Å². The van der Waals surface area contributed by atoms with E-state index in [1.54, 1.807) is 11.3 Å². The highest BCUT2D eigenvalue weighted by atomic mass is 32.2. The van der Waals surface area contributed by atoms with Crippen molar-refractivity contribution in [2.24, 2.45) is 0 Å². The van der Waals surface area contributed by atoms with Gasteiger partial charge in [0, 0.05) is 5.56 Å². The first-order valence-electron chi connectivity index (χ1n) is 6.86. The number of terminal acetylenes is 1. The van der Waals surface area contributed by atoms with Crippen LogP contribution < -0.4 is 9.47 Å². The Kier molecular flexibility index (Phi) is 3.56. The molecule has 0 atom stereocenters. The average molecular weight is 341 g/mol. The monoisotopic (exact) mass is 341 g/mol. The van der Waals surface area contributed by atoms with Crippen molar-refractivity contribution in [3.05, 3.63) is 23.2 Å². The zero-order chi connectivity index (χ0) is 15.8. The number of nitrogens with zero attached hydrogens (tertiary/aromatic N) is 3. The molecule has 114 valence electrons. The summed E-state index contributed by atoms with van der Waals surface area (Å²) in [5.41, 5.74) is 2.59. The molecule has 0 bridgehead atoms. The van der Waals surface area contributed by atoms with Crippen LogP contribution in [0.4, 0.5) is 0 Å². The fraction of sp³-hybridized carbons (Fsp3) is 0.188. The normalized spacial score (nSPS) is 12.5. The summed E-state index contributed by atoms with van der Waals surface area (Å²) in [5.74, 6) is 4.62. The summed E-state index contributed by atoms with van der Waals surface area (Å²) < 4.78 is 11.8. The first-order valence-corrected chi connectivity index (χ1v) is 8.66. The summed E-state index contributed by atoms with van der Waals surface area (Å²) in [6, 6.07) is 5.77. The smallest absolute Gasteiger partial charge is 0.231 e. The fourth-order valence-corrected chi connectivity index (χ4v) is 3.95. The number of thiazole rings is 1. The largest absolute Gasteiger partial charge is 0.454 e. The second-order valence-electron chi connectivity index (χ2n) is 4.83. The molecular formula is C16H11N3O2S2. The third-order valence-electron chi connectivity index (χ3n) is 3.33. The van der Waals surface area contributed by atoms with E-state index in [9.17, 15) is 0 Å². The van der Waals surface area contributed by atoms with Crippen LogP contribution in [0.2, 0.25) is 0 Å². The molecule has 5 nitrogen and oxygen atoms in total. The van der Waals surface area contributed by atoms with Crippen LogP contribution >= 0.6 is 23.1 Å². The zero-order valence-electron chi connectivity index (χ0n) is 12.2. The minimum absolute atomic E-state index is 0.251. The predicted molar refractivity (Wildman–Crippen MR) is 91.1 cm³/mol. The van der Waals surface area contributed by atoms with Gasteiger partial charge in [0.2, 0.25) is 6.79 Å². The summed E-state index contributed by atoms with van der Waals surface area (Å²) in [5, 5.41) is 10.5. The van der Waals surface area contributed by atoms with Crippen molar-refractivity contribution in [3.63, 3.8) is 0 Å². The molecule has 3 aromatic rings. The van der Waals surface area contributed by atoms with Crippen LogP contribution in [0.5, 0.6) is 11.5 Å². The highest BCUT2D eigenvalue weighted by Gasteiger charge is 2.19. The number of hydrogen-bond acceptors (Lipinski definition) is 7. The molecule has 0 aliphatic carbocycles. The molecule has 0 N–H and O–H groups in total. The minimum Gasteiger partial charge on any atom is -0.454 e. The molecule has 23 heavy (non-hydrogen) atoms. The number of rotatable bonds is 3. The van der Waals surface area contributed by atoms with Crippen molar-refractivity contribution in [1.29, 1.82) is 0 Å². The maximum Gasteiger partial charge on any atom is 0.231 e. The van der Waals surface area contributed by atoms with E-state index in [-0.39, 0.29) is 6.79 Å². The van der Waals surface area contributed by atoms with Gasteiger partial charge in [-0.1, -0.05) is 17.7 Å². The van der Waals surface area contributed by atoms with Gasteiger partial charge < -0.3 is 9.47 Å². The van der Waals surface area contributed by atoms with Gasteiger partial charge in [0.15, 0.2) is 11.5 Å². The molecule has 0 amide bonds. The lowest BCUT2D eigenvalue weighted by Gasteiger charge is -2.05. The van der Waals surface area contributed by atoms with Crippen molar-refractivity contribution in [1.82, 2.24) is 15.2 Å². The quantitative estimate of drug-likeness (QED) is 0.537. The number of fused-ring (bicyclic) bond motifs is 2. The molecule has 4 rings (SSSR count). The first-order chi connectivity index (χ1) is 11.3.